The normalized spacial score (nSPS) is 13.8. The number of fused-ring (bicyclic) bond motifs is 3. The molecular formula is C20H25N5O2S. The fraction of sp³-hybridized carbons (Fsp3) is 0.450. The van der Waals surface area contributed by atoms with Crippen LogP contribution >= 0.6 is 11.3 Å². The third-order valence-corrected chi connectivity index (χ3v) is 6.01. The smallest absolute Gasteiger partial charge is 0.317 e. The molecule has 148 valence electrons. The quantitative estimate of drug-likeness (QED) is 0.712. The van der Waals surface area contributed by atoms with Crippen LogP contribution in [0.4, 0.5) is 4.79 Å². The summed E-state index contributed by atoms with van der Waals surface area (Å²) in [6.07, 6.45) is 1.79. The summed E-state index contributed by atoms with van der Waals surface area (Å²) >= 11 is 1.62. The molecule has 7 nitrogen and oxygen atoms in total. The second kappa shape index (κ2) is 7.79. The van der Waals surface area contributed by atoms with E-state index in [0.29, 0.717) is 24.8 Å². The molecule has 0 spiro atoms. The average Bonchev–Trinajstić information content (AvgIpc) is 3.25. The SMILES string of the molecule is COc1ccc(-c2nc3sc4c(n3n2)CCN(C(=O)NCCC(C)C)C4)cc1. The van der Waals surface area contributed by atoms with E-state index < -0.39 is 0 Å². The molecule has 0 radical (unpaired) electrons. The molecule has 0 bridgehead atoms. The van der Waals surface area contributed by atoms with Crippen molar-refractivity contribution in [3.05, 3.63) is 34.8 Å². The number of carbonyl (C=O) groups is 1. The molecule has 28 heavy (non-hydrogen) atoms. The number of hydrogen-bond donors (Lipinski definition) is 1. The maximum atomic E-state index is 12.4. The molecule has 1 aliphatic rings. The Balaban J connectivity index is 1.49. The number of nitrogens with one attached hydrogen (secondary N) is 1. The molecular weight excluding hydrogens is 374 g/mol. The predicted octanol–water partition coefficient (Wildman–Crippen LogP) is 3.58. The Bertz CT molecular complexity index is 977. The second-order valence-corrected chi connectivity index (χ2v) is 8.48. The lowest BCUT2D eigenvalue weighted by Gasteiger charge is -2.26. The number of methoxy groups -OCH3 is 1. The van der Waals surface area contributed by atoms with Gasteiger partial charge in [0.1, 0.15) is 5.75 Å². The van der Waals surface area contributed by atoms with Gasteiger partial charge in [-0.15, -0.1) is 5.10 Å². The third kappa shape index (κ3) is 3.69. The minimum absolute atomic E-state index is 0.0178. The Labute approximate surface area is 168 Å². The Hall–Kier alpha value is -2.61. The van der Waals surface area contributed by atoms with Gasteiger partial charge in [-0.3, -0.25) is 0 Å². The molecule has 0 unspecified atom stereocenters. The van der Waals surface area contributed by atoms with E-state index in [-0.39, 0.29) is 6.03 Å². The molecule has 3 heterocycles. The molecule has 4 rings (SSSR count). The van der Waals surface area contributed by atoms with Crippen LogP contribution in [0.25, 0.3) is 16.3 Å². The van der Waals surface area contributed by atoms with Crippen molar-refractivity contribution in [2.45, 2.75) is 33.2 Å². The topological polar surface area (TPSA) is 71.8 Å². The molecule has 3 aromatic rings. The molecule has 0 saturated heterocycles. The van der Waals surface area contributed by atoms with Gasteiger partial charge in [0.25, 0.3) is 0 Å². The van der Waals surface area contributed by atoms with Crippen molar-refractivity contribution in [1.29, 1.82) is 0 Å². The van der Waals surface area contributed by atoms with Crippen LogP contribution in [-0.4, -0.2) is 45.7 Å². The van der Waals surface area contributed by atoms with Crippen LogP contribution in [0.15, 0.2) is 24.3 Å². The van der Waals surface area contributed by atoms with Gasteiger partial charge in [0.05, 0.1) is 19.3 Å². The van der Waals surface area contributed by atoms with Gasteiger partial charge in [-0.25, -0.2) is 9.31 Å². The summed E-state index contributed by atoms with van der Waals surface area (Å²) in [6.45, 7) is 6.36. The van der Waals surface area contributed by atoms with Gasteiger partial charge in [0, 0.05) is 30.0 Å². The molecule has 1 N–H and O–H groups in total. The van der Waals surface area contributed by atoms with Gasteiger partial charge < -0.3 is 15.0 Å². The third-order valence-electron chi connectivity index (χ3n) is 4.96. The summed E-state index contributed by atoms with van der Waals surface area (Å²) in [5.74, 6) is 2.11. The van der Waals surface area contributed by atoms with Crippen LogP contribution in [0.1, 0.15) is 30.8 Å². The number of amides is 2. The first-order valence-corrected chi connectivity index (χ1v) is 10.4. The van der Waals surface area contributed by atoms with Gasteiger partial charge in [0.2, 0.25) is 4.96 Å². The second-order valence-electron chi connectivity index (χ2n) is 7.42. The van der Waals surface area contributed by atoms with Crippen LogP contribution in [0, 0.1) is 5.92 Å². The molecule has 0 fully saturated rings. The summed E-state index contributed by atoms with van der Waals surface area (Å²) in [4.78, 5) is 21.0. The van der Waals surface area contributed by atoms with E-state index in [2.05, 4.69) is 19.2 Å². The summed E-state index contributed by atoms with van der Waals surface area (Å²) in [5.41, 5.74) is 2.13. The highest BCUT2D eigenvalue weighted by atomic mass is 32.1. The number of ether oxygens (including phenoxy) is 1. The molecule has 0 aliphatic carbocycles. The van der Waals surface area contributed by atoms with Crippen molar-refractivity contribution in [1.82, 2.24) is 24.8 Å². The predicted molar refractivity (Wildman–Crippen MR) is 110 cm³/mol. The summed E-state index contributed by atoms with van der Waals surface area (Å²) in [5, 5.41) is 7.73. The number of aromatic nitrogens is 3. The minimum atomic E-state index is 0.0178. The fourth-order valence-electron chi connectivity index (χ4n) is 3.30. The van der Waals surface area contributed by atoms with Crippen LogP contribution in [0.2, 0.25) is 0 Å². The van der Waals surface area contributed by atoms with E-state index in [0.717, 1.165) is 35.7 Å². The van der Waals surface area contributed by atoms with Gasteiger partial charge >= 0.3 is 6.03 Å². The number of hydrogen-bond acceptors (Lipinski definition) is 5. The maximum Gasteiger partial charge on any atom is 0.317 e. The van der Waals surface area contributed by atoms with Crippen LogP contribution in [-0.2, 0) is 13.0 Å². The van der Waals surface area contributed by atoms with E-state index in [1.807, 2.05) is 33.7 Å². The lowest BCUT2D eigenvalue weighted by atomic mass is 10.1. The van der Waals surface area contributed by atoms with Gasteiger partial charge in [0.15, 0.2) is 5.82 Å². The Morgan fingerprint density at radius 3 is 2.82 bits per heavy atom. The van der Waals surface area contributed by atoms with E-state index in [9.17, 15) is 4.79 Å². The zero-order chi connectivity index (χ0) is 19.7. The summed E-state index contributed by atoms with van der Waals surface area (Å²) < 4.78 is 7.15. The van der Waals surface area contributed by atoms with Crippen molar-refractivity contribution >= 4 is 22.3 Å². The molecule has 1 aliphatic heterocycles. The standard InChI is InChI=1S/C20H25N5O2S/c1-13(2)8-10-21-19(26)24-11-9-16-17(12-24)28-20-22-18(23-25(16)20)14-4-6-15(27-3)7-5-14/h4-7,13H,8-12H2,1-3H3,(H,21,26). The molecule has 8 heteroatoms. The van der Waals surface area contributed by atoms with E-state index >= 15 is 0 Å². The summed E-state index contributed by atoms with van der Waals surface area (Å²) in [7, 11) is 1.65. The number of rotatable bonds is 5. The fourth-order valence-corrected chi connectivity index (χ4v) is 4.42. The molecule has 1 aromatic carbocycles. The molecule has 2 amide bonds. The lowest BCUT2D eigenvalue weighted by molar-refractivity contribution is 0.192. The van der Waals surface area contributed by atoms with Gasteiger partial charge in [-0.05, 0) is 36.6 Å². The Morgan fingerprint density at radius 2 is 2.11 bits per heavy atom. The highest BCUT2D eigenvalue weighted by Crippen LogP contribution is 2.30. The van der Waals surface area contributed by atoms with E-state index in [4.69, 9.17) is 14.8 Å². The Kier molecular flexibility index (Phi) is 5.21. The summed E-state index contributed by atoms with van der Waals surface area (Å²) in [6, 6.07) is 7.78. The van der Waals surface area contributed by atoms with Crippen LogP contribution < -0.4 is 10.1 Å². The molecule has 0 atom stereocenters. The highest BCUT2D eigenvalue weighted by molar-refractivity contribution is 7.17. The minimum Gasteiger partial charge on any atom is -0.497 e. The lowest BCUT2D eigenvalue weighted by Crippen LogP contribution is -2.43. The Morgan fingerprint density at radius 1 is 1.32 bits per heavy atom. The van der Waals surface area contributed by atoms with Gasteiger partial charge in [-0.1, -0.05) is 25.2 Å². The largest absolute Gasteiger partial charge is 0.497 e. The highest BCUT2D eigenvalue weighted by Gasteiger charge is 2.26. The monoisotopic (exact) mass is 399 g/mol. The van der Waals surface area contributed by atoms with Crippen molar-refractivity contribution in [3.8, 4) is 17.1 Å². The number of urea groups is 1. The van der Waals surface area contributed by atoms with Crippen molar-refractivity contribution in [2.24, 2.45) is 5.92 Å². The van der Waals surface area contributed by atoms with Crippen LogP contribution in [0.3, 0.4) is 0 Å². The average molecular weight is 400 g/mol. The zero-order valence-electron chi connectivity index (χ0n) is 16.4. The van der Waals surface area contributed by atoms with Crippen molar-refractivity contribution < 1.29 is 9.53 Å². The van der Waals surface area contributed by atoms with Crippen molar-refractivity contribution in [3.63, 3.8) is 0 Å². The molecule has 2 aromatic heterocycles. The number of thiazole rings is 1. The first-order chi connectivity index (χ1) is 13.5. The van der Waals surface area contributed by atoms with Gasteiger partial charge in [-0.2, -0.15) is 4.98 Å². The maximum absolute atomic E-state index is 12.4. The number of nitrogens with zero attached hydrogens (tertiary/aromatic N) is 4. The first-order valence-electron chi connectivity index (χ1n) is 9.59. The van der Waals surface area contributed by atoms with Crippen LogP contribution in [0.5, 0.6) is 5.75 Å². The molecule has 0 saturated carbocycles. The van der Waals surface area contributed by atoms with E-state index in [1.54, 1.807) is 18.4 Å². The van der Waals surface area contributed by atoms with Crippen molar-refractivity contribution in [2.75, 3.05) is 20.2 Å². The number of carbonyl (C=O) groups excluding carboxylic acids is 1. The zero-order valence-corrected chi connectivity index (χ0v) is 17.3. The van der Waals surface area contributed by atoms with E-state index in [1.165, 1.54) is 10.6 Å². The first kappa shape index (κ1) is 18.7. The number of benzene rings is 1.